The second-order valence-electron chi connectivity index (χ2n) is 2.90. The minimum absolute atomic E-state index is 0.878. The Morgan fingerprint density at radius 3 is 3.00 bits per heavy atom. The molecule has 2 rings (SSSR count). The molecule has 0 bridgehead atoms. The van der Waals surface area contributed by atoms with Crippen LogP contribution in [0.3, 0.4) is 0 Å². The Morgan fingerprint density at radius 1 is 1.33 bits per heavy atom. The average Bonchev–Trinajstić information content (AvgIpc) is 2.04. The molecule has 1 aromatic carbocycles. The van der Waals surface area contributed by atoms with Gasteiger partial charge in [0.2, 0.25) is 0 Å². The normalized spacial score (nSPS) is 14.5. The first kappa shape index (κ1) is 8.33. The van der Waals surface area contributed by atoms with Gasteiger partial charge in [-0.2, -0.15) is 0 Å². The van der Waals surface area contributed by atoms with Crippen molar-refractivity contribution in [1.29, 1.82) is 0 Å². The summed E-state index contributed by atoms with van der Waals surface area (Å²) in [5.74, 6) is 0. The Morgan fingerprint density at radius 2 is 2.17 bits per heavy atom. The molecule has 1 aliphatic rings. The van der Waals surface area contributed by atoms with Gasteiger partial charge in [-0.3, -0.25) is 0 Å². The summed E-state index contributed by atoms with van der Waals surface area (Å²) in [6.45, 7) is 0. The molecule has 0 aliphatic heterocycles. The summed E-state index contributed by atoms with van der Waals surface area (Å²) >= 11 is 9.51. The van der Waals surface area contributed by atoms with Crippen molar-refractivity contribution in [1.82, 2.24) is 0 Å². The molecule has 0 nitrogen and oxygen atoms in total. The van der Waals surface area contributed by atoms with Crippen LogP contribution in [-0.4, -0.2) is 0 Å². The van der Waals surface area contributed by atoms with E-state index in [-0.39, 0.29) is 0 Å². The third kappa shape index (κ3) is 1.44. The first-order chi connectivity index (χ1) is 5.77. The SMILES string of the molecule is Clc1cc(Br)cc2c1CCC=C2. The van der Waals surface area contributed by atoms with E-state index in [1.165, 1.54) is 11.1 Å². The number of halogens is 2. The zero-order chi connectivity index (χ0) is 8.55. The molecular formula is C10H8BrCl. The van der Waals surface area contributed by atoms with E-state index >= 15 is 0 Å². The van der Waals surface area contributed by atoms with Crippen molar-refractivity contribution in [2.24, 2.45) is 0 Å². The molecule has 0 heterocycles. The van der Waals surface area contributed by atoms with E-state index in [4.69, 9.17) is 11.6 Å². The first-order valence-electron chi connectivity index (χ1n) is 3.92. The van der Waals surface area contributed by atoms with Crippen LogP contribution in [0.25, 0.3) is 6.08 Å². The minimum Gasteiger partial charge on any atom is -0.0840 e. The molecule has 2 heteroatoms. The van der Waals surface area contributed by atoms with Gasteiger partial charge in [0.05, 0.1) is 0 Å². The van der Waals surface area contributed by atoms with Crippen LogP contribution in [0.2, 0.25) is 5.02 Å². The van der Waals surface area contributed by atoms with E-state index < -0.39 is 0 Å². The van der Waals surface area contributed by atoms with Gasteiger partial charge in [0, 0.05) is 9.50 Å². The van der Waals surface area contributed by atoms with Crippen molar-refractivity contribution in [2.75, 3.05) is 0 Å². The fourth-order valence-electron chi connectivity index (χ4n) is 1.47. The minimum atomic E-state index is 0.878. The van der Waals surface area contributed by atoms with Gasteiger partial charge >= 0.3 is 0 Å². The zero-order valence-electron chi connectivity index (χ0n) is 6.48. The number of allylic oxidation sites excluding steroid dienone is 1. The van der Waals surface area contributed by atoms with Crippen molar-refractivity contribution in [2.45, 2.75) is 12.8 Å². The lowest BCUT2D eigenvalue weighted by Crippen LogP contribution is -1.94. The molecule has 0 spiro atoms. The highest BCUT2D eigenvalue weighted by atomic mass is 79.9. The van der Waals surface area contributed by atoms with E-state index in [9.17, 15) is 0 Å². The summed E-state index contributed by atoms with van der Waals surface area (Å²) in [5, 5.41) is 0.878. The lowest BCUT2D eigenvalue weighted by atomic mass is 9.98. The molecule has 0 saturated carbocycles. The smallest absolute Gasteiger partial charge is 0.0455 e. The molecule has 0 radical (unpaired) electrons. The molecular weight excluding hydrogens is 235 g/mol. The largest absolute Gasteiger partial charge is 0.0840 e. The Balaban J connectivity index is 2.62. The van der Waals surface area contributed by atoms with Gasteiger partial charge in [0.1, 0.15) is 0 Å². The Bertz CT molecular complexity index is 342. The van der Waals surface area contributed by atoms with Crippen LogP contribution in [0.15, 0.2) is 22.7 Å². The van der Waals surface area contributed by atoms with E-state index in [2.05, 4.69) is 34.1 Å². The second-order valence-corrected chi connectivity index (χ2v) is 4.22. The summed E-state index contributed by atoms with van der Waals surface area (Å²) in [6, 6.07) is 4.07. The van der Waals surface area contributed by atoms with E-state index in [0.29, 0.717) is 0 Å². The molecule has 1 aromatic rings. The van der Waals surface area contributed by atoms with Gasteiger partial charge in [-0.05, 0) is 36.1 Å². The number of hydrogen-bond donors (Lipinski definition) is 0. The molecule has 12 heavy (non-hydrogen) atoms. The molecule has 62 valence electrons. The number of fused-ring (bicyclic) bond motifs is 1. The van der Waals surface area contributed by atoms with Crippen LogP contribution in [0.1, 0.15) is 17.5 Å². The van der Waals surface area contributed by atoms with Crippen molar-refractivity contribution in [3.63, 3.8) is 0 Å². The second kappa shape index (κ2) is 3.23. The van der Waals surface area contributed by atoms with Crippen LogP contribution in [0.5, 0.6) is 0 Å². The van der Waals surface area contributed by atoms with Gasteiger partial charge in [0.15, 0.2) is 0 Å². The third-order valence-electron chi connectivity index (χ3n) is 2.05. The number of rotatable bonds is 0. The molecule has 0 saturated heterocycles. The lowest BCUT2D eigenvalue weighted by molar-refractivity contribution is 0.985. The van der Waals surface area contributed by atoms with Crippen molar-refractivity contribution >= 4 is 33.6 Å². The van der Waals surface area contributed by atoms with E-state index in [0.717, 1.165) is 22.3 Å². The van der Waals surface area contributed by atoms with Crippen LogP contribution in [0.4, 0.5) is 0 Å². The molecule has 0 fully saturated rings. The van der Waals surface area contributed by atoms with Gasteiger partial charge in [-0.15, -0.1) is 0 Å². The van der Waals surface area contributed by atoms with E-state index in [1.54, 1.807) is 0 Å². The maximum absolute atomic E-state index is 6.08. The summed E-state index contributed by atoms with van der Waals surface area (Å²) in [4.78, 5) is 0. The highest BCUT2D eigenvalue weighted by Gasteiger charge is 2.08. The van der Waals surface area contributed by atoms with Gasteiger partial charge in [0.25, 0.3) is 0 Å². The standard InChI is InChI=1S/C10H8BrCl/c11-8-5-7-3-1-2-4-9(7)10(12)6-8/h1,3,5-6H,2,4H2. The quantitative estimate of drug-likeness (QED) is 0.644. The Kier molecular flexibility index (Phi) is 2.24. The average molecular weight is 244 g/mol. The highest BCUT2D eigenvalue weighted by molar-refractivity contribution is 9.10. The summed E-state index contributed by atoms with van der Waals surface area (Å²) in [5.41, 5.74) is 2.53. The first-order valence-corrected chi connectivity index (χ1v) is 5.09. The highest BCUT2D eigenvalue weighted by Crippen LogP contribution is 2.30. The maximum atomic E-state index is 6.08. The summed E-state index contributed by atoms with van der Waals surface area (Å²) in [6.07, 6.45) is 6.49. The van der Waals surface area contributed by atoms with Crippen molar-refractivity contribution < 1.29 is 0 Å². The van der Waals surface area contributed by atoms with Crippen LogP contribution in [-0.2, 0) is 6.42 Å². The maximum Gasteiger partial charge on any atom is 0.0455 e. The lowest BCUT2D eigenvalue weighted by Gasteiger charge is -2.12. The predicted molar refractivity (Wildman–Crippen MR) is 56.5 cm³/mol. The number of hydrogen-bond acceptors (Lipinski definition) is 0. The molecule has 0 amide bonds. The Labute approximate surface area is 85.4 Å². The van der Waals surface area contributed by atoms with Gasteiger partial charge < -0.3 is 0 Å². The van der Waals surface area contributed by atoms with Gasteiger partial charge in [-0.25, -0.2) is 0 Å². The van der Waals surface area contributed by atoms with Crippen LogP contribution < -0.4 is 0 Å². The fraction of sp³-hybridized carbons (Fsp3) is 0.200. The third-order valence-corrected chi connectivity index (χ3v) is 2.85. The fourth-order valence-corrected chi connectivity index (χ4v) is 2.40. The predicted octanol–water partition coefficient (Wildman–Crippen LogP) is 4.06. The van der Waals surface area contributed by atoms with Crippen LogP contribution in [0, 0.1) is 0 Å². The molecule has 0 atom stereocenters. The van der Waals surface area contributed by atoms with Crippen LogP contribution >= 0.6 is 27.5 Å². The Hall–Kier alpha value is -0.270. The van der Waals surface area contributed by atoms with Crippen molar-refractivity contribution in [3.8, 4) is 0 Å². The molecule has 0 aromatic heterocycles. The van der Waals surface area contributed by atoms with Crippen molar-refractivity contribution in [3.05, 3.63) is 38.8 Å². The molecule has 1 aliphatic carbocycles. The summed E-state index contributed by atoms with van der Waals surface area (Å²) in [7, 11) is 0. The topological polar surface area (TPSA) is 0 Å². The summed E-state index contributed by atoms with van der Waals surface area (Å²) < 4.78 is 1.05. The zero-order valence-corrected chi connectivity index (χ0v) is 8.82. The van der Waals surface area contributed by atoms with Gasteiger partial charge in [-0.1, -0.05) is 39.7 Å². The molecule has 0 unspecified atom stereocenters. The molecule has 0 N–H and O–H groups in total. The van der Waals surface area contributed by atoms with E-state index in [1.807, 2.05) is 6.07 Å². The number of benzene rings is 1. The monoisotopic (exact) mass is 242 g/mol.